The molecule has 5 nitrogen and oxygen atoms in total. The lowest BCUT2D eigenvalue weighted by atomic mass is 10.0. The van der Waals surface area contributed by atoms with Crippen LogP contribution in [-0.4, -0.2) is 36.4 Å². The normalized spacial score (nSPS) is 12.2. The van der Waals surface area contributed by atoms with E-state index < -0.39 is 0 Å². The van der Waals surface area contributed by atoms with Crippen LogP contribution in [0.15, 0.2) is 41.2 Å². The van der Waals surface area contributed by atoms with Gasteiger partial charge in [-0.15, -0.1) is 0 Å². The number of carbonyl (C=O) groups excluding carboxylic acids is 1. The van der Waals surface area contributed by atoms with Gasteiger partial charge in [0.1, 0.15) is 0 Å². The van der Waals surface area contributed by atoms with Crippen molar-refractivity contribution < 1.29 is 4.79 Å². The summed E-state index contributed by atoms with van der Waals surface area (Å²) < 4.78 is 0. The highest BCUT2D eigenvalue weighted by Crippen LogP contribution is 2.19. The van der Waals surface area contributed by atoms with Crippen LogP contribution in [-0.2, 0) is 0 Å². The third-order valence-corrected chi connectivity index (χ3v) is 4.03. The Balaban J connectivity index is 2.26. The van der Waals surface area contributed by atoms with Crippen molar-refractivity contribution in [1.29, 1.82) is 0 Å². The van der Waals surface area contributed by atoms with E-state index in [-0.39, 0.29) is 17.5 Å². The number of hydrogen-bond donors (Lipinski definition) is 2. The molecular weight excluding hydrogens is 302 g/mol. The van der Waals surface area contributed by atoms with E-state index in [1.807, 2.05) is 44.4 Å². The molecule has 0 saturated carbocycles. The number of carbonyl (C=O) groups is 1. The van der Waals surface area contributed by atoms with Gasteiger partial charge in [0.15, 0.2) is 0 Å². The fourth-order valence-electron chi connectivity index (χ4n) is 2.82. The number of pyridine rings is 1. The second kappa shape index (κ2) is 7.93. The summed E-state index contributed by atoms with van der Waals surface area (Å²) in [5, 5.41) is 3.12. The highest BCUT2D eigenvalue weighted by atomic mass is 16.2. The number of aryl methyl sites for hydroxylation is 2. The number of amides is 1. The molecule has 5 heteroatoms. The summed E-state index contributed by atoms with van der Waals surface area (Å²) in [5.41, 5.74) is 2.71. The third kappa shape index (κ3) is 4.55. The van der Waals surface area contributed by atoms with E-state index in [1.54, 1.807) is 13.8 Å². The van der Waals surface area contributed by atoms with Crippen LogP contribution in [0.1, 0.15) is 39.6 Å². The molecule has 0 bridgehead atoms. The molecule has 0 saturated heterocycles. The van der Waals surface area contributed by atoms with Crippen LogP contribution in [0.25, 0.3) is 0 Å². The zero-order valence-corrected chi connectivity index (χ0v) is 14.7. The SMILES string of the molecule is Cc1cc(=O)[nH]c(C)c1C(=O)N[C@@H](CCN(C)C)c1ccccc1. The van der Waals surface area contributed by atoms with Crippen LogP contribution in [0, 0.1) is 13.8 Å². The van der Waals surface area contributed by atoms with Crippen LogP contribution in [0.2, 0.25) is 0 Å². The molecule has 0 fully saturated rings. The number of rotatable bonds is 6. The van der Waals surface area contributed by atoms with Gasteiger partial charge in [0.2, 0.25) is 5.56 Å². The van der Waals surface area contributed by atoms with E-state index in [2.05, 4.69) is 15.2 Å². The molecule has 2 aromatic rings. The summed E-state index contributed by atoms with van der Waals surface area (Å²) in [7, 11) is 4.03. The van der Waals surface area contributed by atoms with Gasteiger partial charge in [0, 0.05) is 11.8 Å². The molecule has 0 unspecified atom stereocenters. The Morgan fingerprint density at radius 1 is 1.21 bits per heavy atom. The van der Waals surface area contributed by atoms with E-state index in [0.29, 0.717) is 16.8 Å². The molecule has 1 aromatic carbocycles. The van der Waals surface area contributed by atoms with Gasteiger partial charge in [-0.25, -0.2) is 0 Å². The molecule has 1 heterocycles. The maximum Gasteiger partial charge on any atom is 0.253 e. The van der Waals surface area contributed by atoms with Gasteiger partial charge in [-0.1, -0.05) is 30.3 Å². The van der Waals surface area contributed by atoms with E-state index in [4.69, 9.17) is 0 Å². The first-order chi connectivity index (χ1) is 11.4. The van der Waals surface area contributed by atoms with Crippen molar-refractivity contribution in [2.75, 3.05) is 20.6 Å². The lowest BCUT2D eigenvalue weighted by molar-refractivity contribution is 0.0931. The van der Waals surface area contributed by atoms with Crippen molar-refractivity contribution in [2.24, 2.45) is 0 Å². The van der Waals surface area contributed by atoms with Crippen LogP contribution >= 0.6 is 0 Å². The largest absolute Gasteiger partial charge is 0.345 e. The number of hydrogen-bond acceptors (Lipinski definition) is 3. The Labute approximate surface area is 142 Å². The highest BCUT2D eigenvalue weighted by molar-refractivity contribution is 5.96. The summed E-state index contributed by atoms with van der Waals surface area (Å²) in [6.45, 7) is 4.40. The van der Waals surface area contributed by atoms with Crippen LogP contribution < -0.4 is 10.9 Å². The first-order valence-corrected chi connectivity index (χ1v) is 8.09. The topological polar surface area (TPSA) is 65.2 Å². The number of benzene rings is 1. The van der Waals surface area contributed by atoms with Gasteiger partial charge in [0.25, 0.3) is 5.91 Å². The first-order valence-electron chi connectivity index (χ1n) is 8.09. The molecule has 0 aliphatic carbocycles. The van der Waals surface area contributed by atoms with E-state index in [0.717, 1.165) is 18.5 Å². The van der Waals surface area contributed by atoms with Crippen LogP contribution in [0.5, 0.6) is 0 Å². The predicted octanol–water partition coefficient (Wildman–Crippen LogP) is 2.41. The Kier molecular flexibility index (Phi) is 5.93. The second-order valence-electron chi connectivity index (χ2n) is 6.35. The van der Waals surface area contributed by atoms with Gasteiger partial charge in [-0.3, -0.25) is 9.59 Å². The standard InChI is InChI=1S/C19H25N3O2/c1-13-12-17(23)20-14(2)18(13)19(24)21-16(10-11-22(3)4)15-8-6-5-7-9-15/h5-9,12,16H,10-11H2,1-4H3,(H,20,23)(H,21,24)/t16-/m0/s1. The molecule has 0 aliphatic heterocycles. The molecule has 128 valence electrons. The maximum atomic E-state index is 12.8. The summed E-state index contributed by atoms with van der Waals surface area (Å²) in [6, 6.07) is 11.3. The summed E-state index contributed by atoms with van der Waals surface area (Å²) in [6.07, 6.45) is 0.810. The van der Waals surface area contributed by atoms with Crippen molar-refractivity contribution in [3.05, 3.63) is 69.1 Å². The first kappa shape index (κ1) is 17.9. The van der Waals surface area contributed by atoms with Crippen molar-refractivity contribution in [2.45, 2.75) is 26.3 Å². The highest BCUT2D eigenvalue weighted by Gasteiger charge is 2.19. The summed E-state index contributed by atoms with van der Waals surface area (Å²) >= 11 is 0. The average molecular weight is 327 g/mol. The fraction of sp³-hybridized carbons (Fsp3) is 0.368. The average Bonchev–Trinajstić information content (AvgIpc) is 2.51. The fourth-order valence-corrected chi connectivity index (χ4v) is 2.82. The van der Waals surface area contributed by atoms with Gasteiger partial charge >= 0.3 is 0 Å². The quantitative estimate of drug-likeness (QED) is 0.856. The Bertz CT molecular complexity index is 725. The predicted molar refractivity (Wildman–Crippen MR) is 96.4 cm³/mol. The van der Waals surface area contributed by atoms with Gasteiger partial charge in [-0.05, 0) is 52.0 Å². The minimum atomic E-state index is -0.186. The summed E-state index contributed by atoms with van der Waals surface area (Å²) in [5.74, 6) is -0.158. The van der Waals surface area contributed by atoms with Crippen molar-refractivity contribution in [3.63, 3.8) is 0 Å². The minimum absolute atomic E-state index is 0.0770. The molecule has 1 amide bonds. The minimum Gasteiger partial charge on any atom is -0.345 e. The second-order valence-corrected chi connectivity index (χ2v) is 6.35. The molecule has 24 heavy (non-hydrogen) atoms. The lowest BCUT2D eigenvalue weighted by Crippen LogP contribution is -2.32. The zero-order valence-electron chi connectivity index (χ0n) is 14.7. The third-order valence-electron chi connectivity index (χ3n) is 4.03. The van der Waals surface area contributed by atoms with E-state index in [9.17, 15) is 9.59 Å². The Hall–Kier alpha value is -2.40. The molecule has 1 atom stereocenters. The van der Waals surface area contributed by atoms with Crippen LogP contribution in [0.4, 0.5) is 0 Å². The smallest absolute Gasteiger partial charge is 0.253 e. The Morgan fingerprint density at radius 3 is 2.46 bits per heavy atom. The molecule has 0 radical (unpaired) electrons. The zero-order chi connectivity index (χ0) is 17.7. The van der Waals surface area contributed by atoms with Crippen molar-refractivity contribution in [1.82, 2.24) is 15.2 Å². The Morgan fingerprint density at radius 2 is 1.88 bits per heavy atom. The van der Waals surface area contributed by atoms with E-state index >= 15 is 0 Å². The molecular formula is C19H25N3O2. The van der Waals surface area contributed by atoms with Crippen LogP contribution in [0.3, 0.4) is 0 Å². The van der Waals surface area contributed by atoms with E-state index in [1.165, 1.54) is 6.07 Å². The number of H-pyrrole nitrogens is 1. The van der Waals surface area contributed by atoms with Gasteiger partial charge in [0.05, 0.1) is 11.6 Å². The molecule has 1 aromatic heterocycles. The number of nitrogens with one attached hydrogen (secondary N) is 2. The molecule has 2 rings (SSSR count). The molecule has 0 spiro atoms. The summed E-state index contributed by atoms with van der Waals surface area (Å²) in [4.78, 5) is 29.1. The van der Waals surface area contributed by atoms with Crippen molar-refractivity contribution >= 4 is 5.91 Å². The number of nitrogens with zero attached hydrogens (tertiary/aromatic N) is 1. The molecule has 2 N–H and O–H groups in total. The van der Waals surface area contributed by atoms with Gasteiger partial charge < -0.3 is 15.2 Å². The van der Waals surface area contributed by atoms with Crippen molar-refractivity contribution in [3.8, 4) is 0 Å². The molecule has 0 aliphatic rings. The number of aromatic amines is 1. The maximum absolute atomic E-state index is 12.8. The van der Waals surface area contributed by atoms with Gasteiger partial charge in [-0.2, -0.15) is 0 Å². The monoisotopic (exact) mass is 327 g/mol. The lowest BCUT2D eigenvalue weighted by Gasteiger charge is -2.22. The number of aromatic nitrogens is 1.